The van der Waals surface area contributed by atoms with E-state index in [1.165, 1.54) is 6.26 Å². The maximum Gasteiger partial charge on any atom is 0.209 e. The molecule has 1 aromatic heterocycles. The van der Waals surface area contributed by atoms with Crippen molar-refractivity contribution in [1.29, 1.82) is 0 Å². The minimum Gasteiger partial charge on any atom is -0.454 e. The fraction of sp³-hybridized carbons (Fsp3) is 0.0909. The van der Waals surface area contributed by atoms with Gasteiger partial charge in [0.2, 0.25) is 5.09 Å². The van der Waals surface area contributed by atoms with E-state index in [9.17, 15) is 4.21 Å². The lowest BCUT2D eigenvalue weighted by atomic mass is 10.2. The predicted molar refractivity (Wildman–Crippen MR) is 62.3 cm³/mol. The van der Waals surface area contributed by atoms with Crippen LogP contribution in [0.25, 0.3) is 0 Å². The van der Waals surface area contributed by atoms with E-state index in [4.69, 9.17) is 4.42 Å². The third-order valence-corrected chi connectivity index (χ3v) is 4.23. The maximum absolute atomic E-state index is 12.0. The Morgan fingerprint density at radius 2 is 1.87 bits per heavy atom. The Kier molecular flexibility index (Phi) is 3.07. The molecule has 0 fully saturated rings. The highest BCUT2D eigenvalue weighted by molar-refractivity contribution is 9.10. The molecular weight excluding hydrogens is 276 g/mol. The van der Waals surface area contributed by atoms with E-state index in [0.29, 0.717) is 5.09 Å². The molecule has 0 radical (unpaired) electrons. The van der Waals surface area contributed by atoms with Crippen molar-refractivity contribution >= 4 is 26.7 Å². The van der Waals surface area contributed by atoms with E-state index < -0.39 is 10.8 Å². The van der Waals surface area contributed by atoms with Gasteiger partial charge in [-0.15, -0.1) is 0 Å². The molecule has 1 heterocycles. The Balaban J connectivity index is 2.37. The first-order valence-corrected chi connectivity index (χ1v) is 6.34. The van der Waals surface area contributed by atoms with Gasteiger partial charge in [0.25, 0.3) is 0 Å². The highest BCUT2D eigenvalue weighted by Gasteiger charge is 2.13. The number of hydrogen-bond donors (Lipinski definition) is 0. The van der Waals surface area contributed by atoms with Crippen LogP contribution in [0.2, 0.25) is 0 Å². The van der Waals surface area contributed by atoms with E-state index in [2.05, 4.69) is 15.9 Å². The summed E-state index contributed by atoms with van der Waals surface area (Å²) in [6.07, 6.45) is 1.52. The number of aryl methyl sites for hydroxylation is 1. The summed E-state index contributed by atoms with van der Waals surface area (Å²) >= 11 is 3.29. The molecule has 2 rings (SSSR count). The van der Waals surface area contributed by atoms with Crippen LogP contribution in [0.3, 0.4) is 0 Å². The van der Waals surface area contributed by atoms with Crippen molar-refractivity contribution < 1.29 is 8.63 Å². The van der Waals surface area contributed by atoms with Crippen LogP contribution in [0.15, 0.2) is 55.5 Å². The van der Waals surface area contributed by atoms with Gasteiger partial charge in [0, 0.05) is 4.90 Å². The molecule has 0 N–H and O–H groups in total. The van der Waals surface area contributed by atoms with E-state index in [0.717, 1.165) is 14.9 Å². The molecule has 2 nitrogen and oxygen atoms in total. The average molecular weight is 285 g/mol. The molecule has 0 unspecified atom stereocenters. The number of rotatable bonds is 2. The van der Waals surface area contributed by atoms with Crippen LogP contribution >= 0.6 is 15.9 Å². The molecule has 2 aromatic rings. The number of furan rings is 1. The summed E-state index contributed by atoms with van der Waals surface area (Å²) in [5.74, 6) is 0. The van der Waals surface area contributed by atoms with Gasteiger partial charge in [-0.25, -0.2) is 4.21 Å². The lowest BCUT2D eigenvalue weighted by Crippen LogP contribution is -1.91. The Morgan fingerprint density at radius 1 is 1.20 bits per heavy atom. The Morgan fingerprint density at radius 3 is 2.40 bits per heavy atom. The number of benzene rings is 1. The maximum atomic E-state index is 12.0. The van der Waals surface area contributed by atoms with Gasteiger partial charge in [-0.05, 0) is 41.1 Å². The van der Waals surface area contributed by atoms with E-state index in [1.54, 1.807) is 6.07 Å². The molecule has 0 amide bonds. The zero-order valence-corrected chi connectivity index (χ0v) is 10.5. The Labute approximate surface area is 98.9 Å². The largest absolute Gasteiger partial charge is 0.454 e. The van der Waals surface area contributed by atoms with Crippen molar-refractivity contribution in [2.75, 3.05) is 0 Å². The van der Waals surface area contributed by atoms with Crippen molar-refractivity contribution in [3.63, 3.8) is 0 Å². The fourth-order valence-corrected chi connectivity index (χ4v) is 2.81. The molecule has 0 saturated carbocycles. The van der Waals surface area contributed by atoms with Gasteiger partial charge in [-0.2, -0.15) is 0 Å². The van der Waals surface area contributed by atoms with Crippen molar-refractivity contribution in [3.8, 4) is 0 Å². The molecule has 0 aliphatic heterocycles. The molecule has 1 aromatic carbocycles. The summed E-state index contributed by atoms with van der Waals surface area (Å²) in [5, 5.41) is 0.457. The summed E-state index contributed by atoms with van der Waals surface area (Å²) in [5.41, 5.74) is 1.15. The second kappa shape index (κ2) is 4.33. The molecule has 0 saturated heterocycles. The third-order valence-electron chi connectivity index (χ3n) is 1.99. The van der Waals surface area contributed by atoms with Gasteiger partial charge in [0.1, 0.15) is 10.8 Å². The molecule has 0 aliphatic rings. The first-order valence-electron chi connectivity index (χ1n) is 4.40. The smallest absolute Gasteiger partial charge is 0.209 e. The van der Waals surface area contributed by atoms with Crippen LogP contribution in [0.4, 0.5) is 0 Å². The van der Waals surface area contributed by atoms with Crippen LogP contribution in [-0.2, 0) is 10.8 Å². The highest BCUT2D eigenvalue weighted by Crippen LogP contribution is 2.25. The molecular formula is C11H9BrO2S. The third kappa shape index (κ3) is 2.21. The van der Waals surface area contributed by atoms with Crippen LogP contribution in [0.5, 0.6) is 0 Å². The van der Waals surface area contributed by atoms with Gasteiger partial charge < -0.3 is 4.42 Å². The van der Waals surface area contributed by atoms with Crippen molar-refractivity contribution in [1.82, 2.24) is 0 Å². The van der Waals surface area contributed by atoms with Crippen LogP contribution in [-0.4, -0.2) is 4.21 Å². The number of halogens is 1. The van der Waals surface area contributed by atoms with Gasteiger partial charge in [-0.3, -0.25) is 0 Å². The quantitative estimate of drug-likeness (QED) is 0.845. The first-order chi connectivity index (χ1) is 7.18. The summed E-state index contributed by atoms with van der Waals surface area (Å²) < 4.78 is 17.9. The molecule has 4 heteroatoms. The average Bonchev–Trinajstić information content (AvgIpc) is 2.65. The molecule has 78 valence electrons. The second-order valence-electron chi connectivity index (χ2n) is 3.14. The SMILES string of the molecule is Cc1ccc([S@@](=O)c2occc2Br)cc1. The van der Waals surface area contributed by atoms with Gasteiger partial charge >= 0.3 is 0 Å². The summed E-state index contributed by atoms with van der Waals surface area (Å²) in [4.78, 5) is 0.747. The minimum atomic E-state index is -1.25. The number of hydrogen-bond acceptors (Lipinski definition) is 2. The fourth-order valence-electron chi connectivity index (χ4n) is 1.18. The standard InChI is InChI=1S/C11H9BrO2S/c1-8-2-4-9(5-3-8)15(13)11-10(12)6-7-14-11/h2-7H,1H3/t15-/m1/s1. The summed E-state index contributed by atoms with van der Waals surface area (Å²) in [6.45, 7) is 2.00. The molecule has 1 atom stereocenters. The van der Waals surface area contributed by atoms with Crippen LogP contribution in [0.1, 0.15) is 5.56 Å². The van der Waals surface area contributed by atoms with E-state index in [-0.39, 0.29) is 0 Å². The molecule has 15 heavy (non-hydrogen) atoms. The predicted octanol–water partition coefficient (Wildman–Crippen LogP) is 3.52. The van der Waals surface area contributed by atoms with Gasteiger partial charge in [0.15, 0.2) is 0 Å². The monoisotopic (exact) mass is 284 g/mol. The molecule has 0 bridgehead atoms. The Bertz CT molecular complexity index is 488. The zero-order valence-electron chi connectivity index (χ0n) is 8.07. The van der Waals surface area contributed by atoms with Crippen molar-refractivity contribution in [3.05, 3.63) is 46.6 Å². The molecule has 0 aliphatic carbocycles. The second-order valence-corrected chi connectivity index (χ2v) is 5.37. The van der Waals surface area contributed by atoms with E-state index >= 15 is 0 Å². The first kappa shape index (κ1) is 10.6. The van der Waals surface area contributed by atoms with Gasteiger partial charge in [0.05, 0.1) is 10.7 Å². The van der Waals surface area contributed by atoms with E-state index in [1.807, 2.05) is 31.2 Å². The zero-order chi connectivity index (χ0) is 10.8. The highest BCUT2D eigenvalue weighted by atomic mass is 79.9. The van der Waals surface area contributed by atoms with Crippen molar-refractivity contribution in [2.45, 2.75) is 16.9 Å². The Hall–Kier alpha value is -0.870. The normalized spacial score (nSPS) is 12.7. The van der Waals surface area contributed by atoms with Crippen LogP contribution < -0.4 is 0 Å². The lowest BCUT2D eigenvalue weighted by molar-refractivity contribution is 0.462. The minimum absolute atomic E-state index is 0.457. The van der Waals surface area contributed by atoms with Crippen molar-refractivity contribution in [2.24, 2.45) is 0 Å². The van der Waals surface area contributed by atoms with Crippen LogP contribution in [0, 0.1) is 6.92 Å². The topological polar surface area (TPSA) is 30.2 Å². The lowest BCUT2D eigenvalue weighted by Gasteiger charge is -1.99. The molecule has 0 spiro atoms. The summed E-state index contributed by atoms with van der Waals surface area (Å²) in [6, 6.07) is 9.30. The van der Waals surface area contributed by atoms with Gasteiger partial charge in [-0.1, -0.05) is 17.7 Å². The summed E-state index contributed by atoms with van der Waals surface area (Å²) in [7, 11) is -1.25.